The zero-order chi connectivity index (χ0) is 31.6. The van der Waals surface area contributed by atoms with Gasteiger partial charge in [-0.3, -0.25) is 9.59 Å². The molecule has 1 N–H and O–H groups in total. The third kappa shape index (κ3) is 8.56. The van der Waals surface area contributed by atoms with Gasteiger partial charge < -0.3 is 24.1 Å². The van der Waals surface area contributed by atoms with Gasteiger partial charge in [0.15, 0.2) is 6.61 Å². The summed E-state index contributed by atoms with van der Waals surface area (Å²) in [6.07, 6.45) is 1.72. The first kappa shape index (κ1) is 31.9. The van der Waals surface area contributed by atoms with Crippen LogP contribution >= 0.6 is 0 Å². The molecule has 5 rings (SSSR count). The summed E-state index contributed by atoms with van der Waals surface area (Å²) in [4.78, 5) is 29.0. The van der Waals surface area contributed by atoms with Crippen LogP contribution in [0, 0.1) is 5.82 Å². The van der Waals surface area contributed by atoms with Crippen LogP contribution in [0.15, 0.2) is 107 Å². The molecule has 1 aromatic heterocycles. The van der Waals surface area contributed by atoms with Crippen molar-refractivity contribution in [2.45, 2.75) is 30.4 Å². The molecular weight excluding hydrogens is 601 g/mol. The molecule has 236 valence electrons. The molecule has 10 nitrogen and oxygen atoms in total. The number of carbonyl (C=O) groups excluding carboxylic acids is 2. The van der Waals surface area contributed by atoms with Gasteiger partial charge in [0.25, 0.3) is 5.91 Å². The lowest BCUT2D eigenvalue weighted by Crippen LogP contribution is -2.51. The number of amides is 2. The number of nitrogens with zero attached hydrogens (tertiary/aromatic N) is 2. The number of rotatable bonds is 13. The third-order valence-electron chi connectivity index (χ3n) is 7.35. The SMILES string of the molecule is O=C(NCc1ccco1)[C@H](Cc1ccccc1)N(Cc1ccc(F)cc1)C(=O)COc1ccc(S(=O)(=O)N2CCOCC2)cc1. The van der Waals surface area contributed by atoms with Gasteiger partial charge in [-0.25, -0.2) is 12.8 Å². The van der Waals surface area contributed by atoms with E-state index in [1.807, 2.05) is 30.3 Å². The lowest BCUT2D eigenvalue weighted by atomic mass is 10.0. The average molecular weight is 636 g/mol. The third-order valence-corrected chi connectivity index (χ3v) is 9.26. The summed E-state index contributed by atoms with van der Waals surface area (Å²) in [6, 6.07) is 23.4. The summed E-state index contributed by atoms with van der Waals surface area (Å²) in [6.45, 7) is 0.951. The van der Waals surface area contributed by atoms with E-state index in [-0.39, 0.29) is 43.2 Å². The van der Waals surface area contributed by atoms with Crippen LogP contribution in [-0.4, -0.2) is 68.4 Å². The molecule has 0 aliphatic carbocycles. The molecule has 4 aromatic rings. The molecular formula is C33H34FN3O7S. The highest BCUT2D eigenvalue weighted by atomic mass is 32.2. The van der Waals surface area contributed by atoms with E-state index >= 15 is 0 Å². The smallest absolute Gasteiger partial charge is 0.261 e. The maximum Gasteiger partial charge on any atom is 0.261 e. The van der Waals surface area contributed by atoms with Crippen molar-refractivity contribution in [3.63, 3.8) is 0 Å². The van der Waals surface area contributed by atoms with Crippen LogP contribution in [0.1, 0.15) is 16.9 Å². The molecule has 0 spiro atoms. The van der Waals surface area contributed by atoms with Crippen LogP contribution in [0.3, 0.4) is 0 Å². The molecule has 3 aromatic carbocycles. The van der Waals surface area contributed by atoms with Gasteiger partial charge in [-0.2, -0.15) is 4.31 Å². The Morgan fingerprint density at radius 2 is 1.62 bits per heavy atom. The predicted octanol–water partition coefficient (Wildman–Crippen LogP) is 3.77. The van der Waals surface area contributed by atoms with Gasteiger partial charge in [-0.1, -0.05) is 42.5 Å². The number of ether oxygens (including phenoxy) is 2. The zero-order valence-electron chi connectivity index (χ0n) is 24.5. The molecule has 2 amide bonds. The predicted molar refractivity (Wildman–Crippen MR) is 163 cm³/mol. The second-order valence-corrected chi connectivity index (χ2v) is 12.4. The second-order valence-electron chi connectivity index (χ2n) is 10.4. The number of sulfonamides is 1. The van der Waals surface area contributed by atoms with E-state index in [1.54, 1.807) is 24.3 Å². The normalized spacial score (nSPS) is 14.4. The minimum atomic E-state index is -3.69. The number of furan rings is 1. The summed E-state index contributed by atoms with van der Waals surface area (Å²) >= 11 is 0. The van der Waals surface area contributed by atoms with E-state index in [2.05, 4.69) is 5.32 Å². The van der Waals surface area contributed by atoms with Gasteiger partial charge in [0.2, 0.25) is 15.9 Å². The lowest BCUT2D eigenvalue weighted by Gasteiger charge is -2.31. The molecule has 0 radical (unpaired) electrons. The van der Waals surface area contributed by atoms with Gasteiger partial charge in [0.1, 0.15) is 23.4 Å². The van der Waals surface area contributed by atoms with Crippen molar-refractivity contribution in [2.24, 2.45) is 0 Å². The minimum Gasteiger partial charge on any atom is -0.484 e. The molecule has 2 heterocycles. The molecule has 1 saturated heterocycles. The highest BCUT2D eigenvalue weighted by Crippen LogP contribution is 2.21. The standard InChI is InChI=1S/C33H34FN3O7S/c34-27-10-8-26(9-11-27)23-37(31(21-25-5-2-1-3-6-25)33(39)35-22-29-7-4-18-43-29)32(38)24-44-28-12-14-30(15-13-28)45(40,41)36-16-19-42-20-17-36/h1-15,18,31H,16-17,19-24H2,(H,35,39)/t31-/m0/s1. The van der Waals surface area contributed by atoms with E-state index in [9.17, 15) is 22.4 Å². The van der Waals surface area contributed by atoms with Crippen molar-refractivity contribution >= 4 is 21.8 Å². The molecule has 1 aliphatic rings. The summed E-state index contributed by atoms with van der Waals surface area (Å²) in [5.74, 6) is -0.466. The molecule has 45 heavy (non-hydrogen) atoms. The Bertz CT molecular complexity index is 1640. The number of carbonyl (C=O) groups is 2. The van der Waals surface area contributed by atoms with Crippen LogP contribution in [0.2, 0.25) is 0 Å². The number of hydrogen-bond acceptors (Lipinski definition) is 7. The number of morpholine rings is 1. The van der Waals surface area contributed by atoms with Crippen molar-refractivity contribution in [1.82, 2.24) is 14.5 Å². The van der Waals surface area contributed by atoms with Gasteiger partial charge in [-0.05, 0) is 59.7 Å². The highest BCUT2D eigenvalue weighted by Gasteiger charge is 2.31. The Morgan fingerprint density at radius 1 is 0.911 bits per heavy atom. The number of benzene rings is 3. The highest BCUT2D eigenvalue weighted by molar-refractivity contribution is 7.89. The maximum absolute atomic E-state index is 13.8. The fourth-order valence-corrected chi connectivity index (χ4v) is 6.33. The van der Waals surface area contributed by atoms with Crippen molar-refractivity contribution in [3.05, 3.63) is 120 Å². The Kier molecular flexibility index (Phi) is 10.6. The topological polar surface area (TPSA) is 118 Å². The van der Waals surface area contributed by atoms with Crippen LogP contribution in [0.4, 0.5) is 4.39 Å². The Labute approximate surface area is 261 Å². The number of hydrogen-bond donors (Lipinski definition) is 1. The summed E-state index contributed by atoms with van der Waals surface area (Å²) < 4.78 is 57.4. The second kappa shape index (κ2) is 15.0. The largest absolute Gasteiger partial charge is 0.484 e. The van der Waals surface area contributed by atoms with Crippen LogP contribution in [0.5, 0.6) is 5.75 Å². The summed E-state index contributed by atoms with van der Waals surface area (Å²) in [5.41, 5.74) is 1.46. The quantitative estimate of drug-likeness (QED) is 0.238. The lowest BCUT2D eigenvalue weighted by molar-refractivity contribution is -0.142. The number of nitrogens with one attached hydrogen (secondary N) is 1. The van der Waals surface area contributed by atoms with Crippen LogP contribution in [-0.2, 0) is 43.9 Å². The fourth-order valence-electron chi connectivity index (χ4n) is 4.92. The first-order valence-electron chi connectivity index (χ1n) is 14.5. The van der Waals surface area contributed by atoms with Crippen molar-refractivity contribution in [2.75, 3.05) is 32.9 Å². The molecule has 12 heteroatoms. The van der Waals surface area contributed by atoms with E-state index in [1.165, 1.54) is 51.9 Å². The first-order valence-corrected chi connectivity index (χ1v) is 15.9. The summed E-state index contributed by atoms with van der Waals surface area (Å²) in [7, 11) is -3.69. The molecule has 1 fully saturated rings. The zero-order valence-corrected chi connectivity index (χ0v) is 25.3. The monoisotopic (exact) mass is 635 g/mol. The van der Waals surface area contributed by atoms with Gasteiger partial charge in [0, 0.05) is 26.1 Å². The Hall–Kier alpha value is -4.52. The van der Waals surface area contributed by atoms with E-state index in [4.69, 9.17) is 13.9 Å². The molecule has 1 atom stereocenters. The first-order chi connectivity index (χ1) is 21.8. The van der Waals surface area contributed by atoms with E-state index in [0.717, 1.165) is 5.56 Å². The number of halogens is 1. The van der Waals surface area contributed by atoms with Gasteiger partial charge in [0.05, 0.1) is 30.9 Å². The summed E-state index contributed by atoms with van der Waals surface area (Å²) in [5, 5.41) is 2.86. The van der Waals surface area contributed by atoms with Gasteiger partial charge in [-0.15, -0.1) is 0 Å². The molecule has 1 aliphatic heterocycles. The minimum absolute atomic E-state index is 0.0187. The van der Waals surface area contributed by atoms with Crippen LogP contribution in [0.25, 0.3) is 0 Å². The van der Waals surface area contributed by atoms with Crippen molar-refractivity contribution in [1.29, 1.82) is 0 Å². The molecule has 0 unspecified atom stereocenters. The van der Waals surface area contributed by atoms with Crippen molar-refractivity contribution in [3.8, 4) is 5.75 Å². The maximum atomic E-state index is 13.8. The van der Waals surface area contributed by atoms with Gasteiger partial charge >= 0.3 is 0 Å². The van der Waals surface area contributed by atoms with Crippen LogP contribution < -0.4 is 10.1 Å². The Morgan fingerprint density at radius 3 is 2.29 bits per heavy atom. The van der Waals surface area contributed by atoms with Crippen molar-refractivity contribution < 1.29 is 36.3 Å². The van der Waals surface area contributed by atoms with E-state index < -0.39 is 40.3 Å². The van der Waals surface area contributed by atoms with E-state index in [0.29, 0.717) is 24.5 Å². The molecule has 0 bridgehead atoms. The molecule has 0 saturated carbocycles. The average Bonchev–Trinajstić information content (AvgIpc) is 3.60. The fraction of sp³-hybridized carbons (Fsp3) is 0.273. The Balaban J connectivity index is 1.35.